The van der Waals surface area contributed by atoms with Crippen LogP contribution in [0, 0.1) is 0 Å². The van der Waals surface area contributed by atoms with Crippen molar-refractivity contribution in [3.8, 4) is 5.75 Å². The summed E-state index contributed by atoms with van der Waals surface area (Å²) in [7, 11) is 1.55. The van der Waals surface area contributed by atoms with Gasteiger partial charge in [-0.1, -0.05) is 42.5 Å². The number of aromatic nitrogens is 2. The number of anilines is 2. The molecule has 3 aromatic rings. The van der Waals surface area contributed by atoms with E-state index in [4.69, 9.17) is 4.74 Å². The molecule has 0 bridgehead atoms. The highest BCUT2D eigenvalue weighted by Gasteiger charge is 2.34. The van der Waals surface area contributed by atoms with Crippen LogP contribution in [-0.4, -0.2) is 35.7 Å². The van der Waals surface area contributed by atoms with Crippen molar-refractivity contribution in [1.82, 2.24) is 10.2 Å². The SMILES string of the molecule is CCc1ccccc1N1C[C@@H](c2nnc(NC(=O)c3cccc(OC)c3)s2)CC1=O. The lowest BCUT2D eigenvalue weighted by Crippen LogP contribution is -2.25. The molecule has 0 unspecified atom stereocenters. The quantitative estimate of drug-likeness (QED) is 0.652. The molecule has 1 N–H and O–H groups in total. The van der Waals surface area contributed by atoms with Crippen LogP contribution in [0.15, 0.2) is 48.5 Å². The standard InChI is InChI=1S/C22H22N4O3S/c1-3-14-7-4-5-10-18(14)26-13-16(12-19(26)27)21-24-25-22(30-21)23-20(28)15-8-6-9-17(11-15)29-2/h4-11,16H,3,12-13H2,1-2H3,(H,23,25,28)/t16-/m0/s1. The highest BCUT2D eigenvalue weighted by molar-refractivity contribution is 7.15. The third-order valence-corrected chi connectivity index (χ3v) is 6.13. The molecule has 1 saturated heterocycles. The first kappa shape index (κ1) is 20.0. The topological polar surface area (TPSA) is 84.4 Å². The first-order valence-corrected chi connectivity index (χ1v) is 10.6. The zero-order valence-electron chi connectivity index (χ0n) is 16.8. The molecule has 0 radical (unpaired) electrons. The predicted octanol–water partition coefficient (Wildman–Crippen LogP) is 3.88. The van der Waals surface area contributed by atoms with Crippen LogP contribution in [0.1, 0.15) is 40.2 Å². The number of amides is 2. The number of nitrogens with zero attached hydrogens (tertiary/aromatic N) is 3. The lowest BCUT2D eigenvalue weighted by molar-refractivity contribution is -0.117. The Bertz CT molecular complexity index is 1080. The number of aryl methyl sites for hydroxylation is 1. The molecule has 0 saturated carbocycles. The van der Waals surface area contributed by atoms with Crippen LogP contribution in [0.4, 0.5) is 10.8 Å². The summed E-state index contributed by atoms with van der Waals surface area (Å²) in [5.74, 6) is 0.371. The second-order valence-electron chi connectivity index (χ2n) is 7.02. The zero-order valence-corrected chi connectivity index (χ0v) is 17.6. The molecule has 8 heteroatoms. The molecule has 7 nitrogen and oxygen atoms in total. The number of rotatable bonds is 6. The van der Waals surface area contributed by atoms with Crippen molar-refractivity contribution in [2.24, 2.45) is 0 Å². The second-order valence-corrected chi connectivity index (χ2v) is 8.03. The maximum atomic E-state index is 12.7. The van der Waals surface area contributed by atoms with Crippen molar-refractivity contribution in [1.29, 1.82) is 0 Å². The molecule has 30 heavy (non-hydrogen) atoms. The summed E-state index contributed by atoms with van der Waals surface area (Å²) in [6.07, 6.45) is 1.25. The number of ether oxygens (including phenoxy) is 1. The Morgan fingerprint density at radius 2 is 2.07 bits per heavy atom. The van der Waals surface area contributed by atoms with Gasteiger partial charge in [-0.3, -0.25) is 14.9 Å². The number of hydrogen-bond donors (Lipinski definition) is 1. The van der Waals surface area contributed by atoms with Gasteiger partial charge >= 0.3 is 0 Å². The summed E-state index contributed by atoms with van der Waals surface area (Å²) < 4.78 is 5.16. The van der Waals surface area contributed by atoms with Crippen molar-refractivity contribution in [3.05, 3.63) is 64.7 Å². The van der Waals surface area contributed by atoms with Gasteiger partial charge in [-0.25, -0.2) is 0 Å². The van der Waals surface area contributed by atoms with E-state index >= 15 is 0 Å². The zero-order chi connectivity index (χ0) is 21.1. The number of hydrogen-bond acceptors (Lipinski definition) is 6. The summed E-state index contributed by atoms with van der Waals surface area (Å²) >= 11 is 1.31. The van der Waals surface area contributed by atoms with Gasteiger partial charge in [0.05, 0.1) is 7.11 Å². The molecule has 1 aromatic heterocycles. The van der Waals surface area contributed by atoms with E-state index < -0.39 is 0 Å². The van der Waals surface area contributed by atoms with Gasteiger partial charge in [0, 0.05) is 30.1 Å². The maximum absolute atomic E-state index is 12.7. The Kier molecular flexibility index (Phi) is 5.76. The second kappa shape index (κ2) is 8.62. The van der Waals surface area contributed by atoms with Crippen LogP contribution in [0.25, 0.3) is 0 Å². The Labute approximate surface area is 178 Å². The molecule has 1 atom stereocenters. The van der Waals surface area contributed by atoms with E-state index in [9.17, 15) is 9.59 Å². The summed E-state index contributed by atoms with van der Waals surface area (Å²) in [4.78, 5) is 27.0. The Balaban J connectivity index is 1.46. The summed E-state index contributed by atoms with van der Waals surface area (Å²) in [5.41, 5.74) is 2.59. The number of nitrogens with one attached hydrogen (secondary N) is 1. The number of carbonyl (C=O) groups is 2. The molecule has 154 valence electrons. The van der Waals surface area contributed by atoms with Gasteiger partial charge in [0.15, 0.2) is 0 Å². The lowest BCUT2D eigenvalue weighted by atomic mass is 10.1. The van der Waals surface area contributed by atoms with Gasteiger partial charge in [-0.2, -0.15) is 0 Å². The molecule has 4 rings (SSSR count). The molecule has 0 spiro atoms. The molecule has 1 aliphatic heterocycles. The van der Waals surface area contributed by atoms with Crippen LogP contribution in [0.3, 0.4) is 0 Å². The van der Waals surface area contributed by atoms with Gasteiger partial charge in [0.1, 0.15) is 10.8 Å². The van der Waals surface area contributed by atoms with E-state index in [0.717, 1.165) is 22.7 Å². The van der Waals surface area contributed by atoms with Crippen LogP contribution in [0.2, 0.25) is 0 Å². The molecule has 0 aliphatic carbocycles. The Morgan fingerprint density at radius 1 is 1.23 bits per heavy atom. The molecule has 2 amide bonds. The van der Waals surface area contributed by atoms with Crippen molar-refractivity contribution in [2.45, 2.75) is 25.7 Å². The van der Waals surface area contributed by atoms with E-state index in [1.807, 2.05) is 29.2 Å². The minimum absolute atomic E-state index is 0.0395. The molecule has 2 heterocycles. The molecule has 1 aliphatic rings. The van der Waals surface area contributed by atoms with E-state index in [2.05, 4.69) is 22.4 Å². The average molecular weight is 423 g/mol. The van der Waals surface area contributed by atoms with Crippen LogP contribution >= 0.6 is 11.3 Å². The highest BCUT2D eigenvalue weighted by atomic mass is 32.1. The first-order chi connectivity index (χ1) is 14.6. The molecular weight excluding hydrogens is 400 g/mol. The van der Waals surface area contributed by atoms with Crippen molar-refractivity contribution in [2.75, 3.05) is 23.9 Å². The average Bonchev–Trinajstić information content (AvgIpc) is 3.40. The van der Waals surface area contributed by atoms with Gasteiger partial charge in [-0.15, -0.1) is 10.2 Å². The first-order valence-electron chi connectivity index (χ1n) is 9.76. The highest BCUT2D eigenvalue weighted by Crippen LogP contribution is 2.35. The van der Waals surface area contributed by atoms with Gasteiger partial charge < -0.3 is 9.64 Å². The Hall–Kier alpha value is -3.26. The minimum Gasteiger partial charge on any atom is -0.497 e. The molecular formula is C22H22N4O3S. The van der Waals surface area contributed by atoms with Gasteiger partial charge in [-0.05, 0) is 36.2 Å². The van der Waals surface area contributed by atoms with Crippen molar-refractivity contribution >= 4 is 34.0 Å². The number of methoxy groups -OCH3 is 1. The van der Waals surface area contributed by atoms with Crippen molar-refractivity contribution in [3.63, 3.8) is 0 Å². The largest absolute Gasteiger partial charge is 0.497 e. The number of benzene rings is 2. The summed E-state index contributed by atoms with van der Waals surface area (Å²) in [6, 6.07) is 14.9. The van der Waals surface area contributed by atoms with Crippen LogP contribution < -0.4 is 15.0 Å². The predicted molar refractivity (Wildman–Crippen MR) is 116 cm³/mol. The summed E-state index contributed by atoms with van der Waals surface area (Å²) in [6.45, 7) is 2.65. The fourth-order valence-corrected chi connectivity index (χ4v) is 4.39. The lowest BCUT2D eigenvalue weighted by Gasteiger charge is -2.19. The smallest absolute Gasteiger partial charge is 0.257 e. The van der Waals surface area contributed by atoms with Crippen LogP contribution in [-0.2, 0) is 11.2 Å². The fourth-order valence-electron chi connectivity index (χ4n) is 3.56. The van der Waals surface area contributed by atoms with E-state index in [1.54, 1.807) is 31.4 Å². The number of para-hydroxylation sites is 1. The third kappa shape index (κ3) is 4.04. The fraction of sp³-hybridized carbons (Fsp3) is 0.273. The third-order valence-electron chi connectivity index (χ3n) is 5.13. The van der Waals surface area contributed by atoms with Gasteiger partial charge in [0.2, 0.25) is 11.0 Å². The summed E-state index contributed by atoms with van der Waals surface area (Å²) in [5, 5.41) is 12.3. The number of carbonyl (C=O) groups excluding carboxylic acids is 2. The molecule has 1 fully saturated rings. The normalized spacial score (nSPS) is 16.0. The van der Waals surface area contributed by atoms with E-state index in [-0.39, 0.29) is 17.7 Å². The minimum atomic E-state index is -0.280. The molecule has 2 aromatic carbocycles. The van der Waals surface area contributed by atoms with E-state index in [1.165, 1.54) is 11.3 Å². The van der Waals surface area contributed by atoms with Crippen molar-refractivity contribution < 1.29 is 14.3 Å². The monoisotopic (exact) mass is 422 g/mol. The van der Waals surface area contributed by atoms with E-state index in [0.29, 0.717) is 29.4 Å². The van der Waals surface area contributed by atoms with Gasteiger partial charge in [0.25, 0.3) is 5.91 Å². The van der Waals surface area contributed by atoms with Crippen LogP contribution in [0.5, 0.6) is 5.75 Å². The maximum Gasteiger partial charge on any atom is 0.257 e. The Morgan fingerprint density at radius 3 is 2.87 bits per heavy atom.